The average molecular weight is 534 g/mol. The van der Waals surface area contributed by atoms with Crippen LogP contribution in [0.4, 0.5) is 0 Å². The van der Waals surface area contributed by atoms with E-state index in [1.54, 1.807) is 11.3 Å². The van der Waals surface area contributed by atoms with Crippen molar-refractivity contribution >= 4 is 34.6 Å². The molecule has 2 aromatic carbocycles. The molecule has 2 aromatic heterocycles. The molecule has 190 valence electrons. The molecular weight excluding hydrogens is 506 g/mol. The van der Waals surface area contributed by atoms with Crippen molar-refractivity contribution in [2.75, 3.05) is 0 Å². The zero-order valence-electron chi connectivity index (χ0n) is 20.6. The summed E-state index contributed by atoms with van der Waals surface area (Å²) in [6.07, 6.45) is 2.58. The van der Waals surface area contributed by atoms with Crippen molar-refractivity contribution in [1.29, 1.82) is 0 Å². The van der Waals surface area contributed by atoms with E-state index in [0.29, 0.717) is 29.6 Å². The third kappa shape index (κ3) is 5.51. The van der Waals surface area contributed by atoms with Gasteiger partial charge in [-0.15, -0.1) is 21.5 Å². The number of thiophene rings is 1. The summed E-state index contributed by atoms with van der Waals surface area (Å²) in [4.78, 5) is 18.5. The fourth-order valence-electron chi connectivity index (χ4n) is 4.36. The molecule has 0 saturated carbocycles. The summed E-state index contributed by atoms with van der Waals surface area (Å²) in [6.45, 7) is 2.76. The number of halogens is 1. The SMILES string of the molecule is CCCc1cc2c(s1)-n1c(nnc1[C@H](N)CCC(=O)OCc1ccccc1)CN=C2c1ccccc1Cl. The summed E-state index contributed by atoms with van der Waals surface area (Å²) >= 11 is 8.27. The zero-order chi connectivity index (χ0) is 25.8. The fourth-order valence-corrected chi connectivity index (χ4v) is 5.87. The van der Waals surface area contributed by atoms with E-state index in [0.717, 1.165) is 40.2 Å². The van der Waals surface area contributed by atoms with E-state index < -0.39 is 6.04 Å². The van der Waals surface area contributed by atoms with Crippen LogP contribution < -0.4 is 5.73 Å². The van der Waals surface area contributed by atoms with Crippen molar-refractivity contribution in [2.45, 2.75) is 51.8 Å². The van der Waals surface area contributed by atoms with Gasteiger partial charge in [-0.3, -0.25) is 14.4 Å². The minimum Gasteiger partial charge on any atom is -0.461 e. The number of carbonyl (C=O) groups is 1. The molecule has 2 N–H and O–H groups in total. The molecule has 0 aliphatic carbocycles. The van der Waals surface area contributed by atoms with E-state index in [1.165, 1.54) is 4.88 Å². The highest BCUT2D eigenvalue weighted by Crippen LogP contribution is 2.36. The molecule has 7 nitrogen and oxygen atoms in total. The average Bonchev–Trinajstić information content (AvgIpc) is 3.49. The number of hydrogen-bond donors (Lipinski definition) is 1. The van der Waals surface area contributed by atoms with E-state index in [9.17, 15) is 4.79 Å². The number of aryl methyl sites for hydroxylation is 1. The Morgan fingerprint density at radius 3 is 2.70 bits per heavy atom. The standard InChI is InChI=1S/C28H28ClN5O2S/c1-2-8-19-15-21-26(20-11-6-7-12-22(20)29)31-16-24-32-33-27(34(24)28(21)37-19)23(30)13-14-25(35)36-17-18-9-4-3-5-10-18/h3-7,9-12,15,23H,2,8,13-14,16-17,30H2,1H3/t23-/m1/s1. The summed E-state index contributed by atoms with van der Waals surface area (Å²) in [5, 5.41) is 10.5. The third-order valence-corrected chi connectivity index (χ3v) is 7.72. The number of ether oxygens (including phenoxy) is 1. The van der Waals surface area contributed by atoms with Gasteiger partial charge in [0.2, 0.25) is 0 Å². The number of rotatable bonds is 9. The Hall–Kier alpha value is -3.33. The smallest absolute Gasteiger partial charge is 0.306 e. The molecule has 1 atom stereocenters. The molecule has 1 aliphatic heterocycles. The van der Waals surface area contributed by atoms with Crippen molar-refractivity contribution in [3.05, 3.63) is 98.9 Å². The number of carbonyl (C=O) groups excluding carboxylic acids is 1. The Morgan fingerprint density at radius 2 is 1.92 bits per heavy atom. The van der Waals surface area contributed by atoms with Gasteiger partial charge in [0.15, 0.2) is 11.6 Å². The lowest BCUT2D eigenvalue weighted by Gasteiger charge is -2.14. The Labute approximate surface area is 225 Å². The molecule has 0 bridgehead atoms. The molecule has 0 fully saturated rings. The molecule has 0 amide bonds. The van der Waals surface area contributed by atoms with Gasteiger partial charge in [0.25, 0.3) is 0 Å². The Morgan fingerprint density at radius 1 is 1.14 bits per heavy atom. The molecule has 5 rings (SSSR count). The monoisotopic (exact) mass is 533 g/mol. The van der Waals surface area contributed by atoms with Gasteiger partial charge in [-0.1, -0.05) is 73.5 Å². The van der Waals surface area contributed by atoms with Gasteiger partial charge in [0.1, 0.15) is 18.2 Å². The van der Waals surface area contributed by atoms with Gasteiger partial charge >= 0.3 is 5.97 Å². The van der Waals surface area contributed by atoms with Crippen molar-refractivity contribution in [3.63, 3.8) is 0 Å². The van der Waals surface area contributed by atoms with Crippen LogP contribution in [0.15, 0.2) is 65.7 Å². The minimum atomic E-state index is -0.489. The summed E-state index contributed by atoms with van der Waals surface area (Å²) in [7, 11) is 0. The van der Waals surface area contributed by atoms with Gasteiger partial charge in [0.05, 0.1) is 11.8 Å². The maximum Gasteiger partial charge on any atom is 0.306 e. The summed E-state index contributed by atoms with van der Waals surface area (Å²) in [5.41, 5.74) is 10.3. The maximum absolute atomic E-state index is 12.4. The van der Waals surface area contributed by atoms with Gasteiger partial charge in [0, 0.05) is 27.4 Å². The van der Waals surface area contributed by atoms with Crippen LogP contribution >= 0.6 is 22.9 Å². The highest BCUT2D eigenvalue weighted by molar-refractivity contribution is 7.15. The largest absolute Gasteiger partial charge is 0.461 e. The van der Waals surface area contributed by atoms with E-state index >= 15 is 0 Å². The van der Waals surface area contributed by atoms with Crippen molar-refractivity contribution in [1.82, 2.24) is 14.8 Å². The van der Waals surface area contributed by atoms with Crippen LogP contribution in [0.2, 0.25) is 5.02 Å². The number of fused-ring (bicyclic) bond motifs is 3. The number of hydrogen-bond acceptors (Lipinski definition) is 7. The van der Waals surface area contributed by atoms with E-state index in [1.807, 2.05) is 59.2 Å². The maximum atomic E-state index is 12.4. The van der Waals surface area contributed by atoms with Crippen molar-refractivity contribution in [3.8, 4) is 5.00 Å². The summed E-state index contributed by atoms with van der Waals surface area (Å²) < 4.78 is 7.44. The molecular formula is C28H28ClN5O2S. The first-order valence-electron chi connectivity index (χ1n) is 12.4. The summed E-state index contributed by atoms with van der Waals surface area (Å²) in [6, 6.07) is 19.1. The Bertz CT molecular complexity index is 1430. The first-order chi connectivity index (χ1) is 18.0. The van der Waals surface area contributed by atoms with Crippen LogP contribution in [0.3, 0.4) is 0 Å². The van der Waals surface area contributed by atoms with Gasteiger partial charge < -0.3 is 10.5 Å². The van der Waals surface area contributed by atoms with Crippen LogP contribution in [0.1, 0.15) is 65.4 Å². The highest BCUT2D eigenvalue weighted by Gasteiger charge is 2.28. The topological polar surface area (TPSA) is 95.4 Å². The van der Waals surface area contributed by atoms with E-state index in [4.69, 9.17) is 27.1 Å². The van der Waals surface area contributed by atoms with E-state index in [2.05, 4.69) is 23.2 Å². The Kier molecular flexibility index (Phi) is 7.79. The number of esters is 1. The van der Waals surface area contributed by atoms with Crippen LogP contribution in [0.25, 0.3) is 5.00 Å². The highest BCUT2D eigenvalue weighted by atomic mass is 35.5. The zero-order valence-corrected chi connectivity index (χ0v) is 22.1. The molecule has 9 heteroatoms. The molecule has 1 aliphatic rings. The van der Waals surface area contributed by atoms with Gasteiger partial charge in [-0.25, -0.2) is 0 Å². The molecule has 0 saturated heterocycles. The van der Waals surface area contributed by atoms with Crippen LogP contribution in [0, 0.1) is 0 Å². The second-order valence-electron chi connectivity index (χ2n) is 8.93. The van der Waals surface area contributed by atoms with E-state index in [-0.39, 0.29) is 19.0 Å². The van der Waals surface area contributed by atoms with Gasteiger partial charge in [-0.2, -0.15) is 0 Å². The van der Waals surface area contributed by atoms with Crippen LogP contribution in [0.5, 0.6) is 0 Å². The molecule has 0 radical (unpaired) electrons. The predicted octanol–water partition coefficient (Wildman–Crippen LogP) is 5.81. The van der Waals surface area contributed by atoms with Gasteiger partial charge in [-0.05, 0) is 30.5 Å². The number of nitrogens with zero attached hydrogens (tertiary/aromatic N) is 4. The van der Waals surface area contributed by atoms with Crippen molar-refractivity contribution in [2.24, 2.45) is 10.7 Å². The number of nitrogens with two attached hydrogens (primary N) is 1. The number of benzene rings is 2. The molecule has 37 heavy (non-hydrogen) atoms. The quantitative estimate of drug-likeness (QED) is 0.274. The third-order valence-electron chi connectivity index (χ3n) is 6.21. The second kappa shape index (κ2) is 11.4. The summed E-state index contributed by atoms with van der Waals surface area (Å²) in [5.74, 6) is 1.04. The van der Waals surface area contributed by atoms with Crippen LogP contribution in [-0.4, -0.2) is 26.4 Å². The predicted molar refractivity (Wildman–Crippen MR) is 146 cm³/mol. The lowest BCUT2D eigenvalue weighted by molar-refractivity contribution is -0.145. The Balaban J connectivity index is 1.39. The minimum absolute atomic E-state index is 0.190. The first-order valence-corrected chi connectivity index (χ1v) is 13.6. The van der Waals surface area contributed by atoms with Crippen LogP contribution in [-0.2, 0) is 29.1 Å². The molecule has 3 heterocycles. The van der Waals surface area contributed by atoms with Crippen molar-refractivity contribution < 1.29 is 9.53 Å². The molecule has 0 unspecified atom stereocenters. The first kappa shape index (κ1) is 25.3. The lowest BCUT2D eigenvalue weighted by atomic mass is 10.0. The molecule has 4 aromatic rings. The number of aromatic nitrogens is 3. The normalized spacial score (nSPS) is 13.3. The number of aliphatic imine (C=N–C) groups is 1. The lowest BCUT2D eigenvalue weighted by Crippen LogP contribution is -2.19. The fraction of sp³-hybridized carbons (Fsp3) is 0.286. The second-order valence-corrected chi connectivity index (χ2v) is 10.4. The molecule has 0 spiro atoms.